The highest BCUT2D eigenvalue weighted by Gasteiger charge is 2.46. The van der Waals surface area contributed by atoms with E-state index in [0.717, 1.165) is 39.0 Å². The van der Waals surface area contributed by atoms with Gasteiger partial charge in [-0.2, -0.15) is 0 Å². The number of pyridine rings is 1. The summed E-state index contributed by atoms with van der Waals surface area (Å²) in [6.07, 6.45) is 6.11. The molecule has 3 aliphatic rings. The normalized spacial score (nSPS) is 16.9. The maximum absolute atomic E-state index is 15.0. The third-order valence-corrected chi connectivity index (χ3v) is 9.75. The first-order valence-electron chi connectivity index (χ1n) is 18.2. The smallest absolute Gasteiger partial charge is 0.328 e. The molecule has 2 aliphatic heterocycles. The van der Waals surface area contributed by atoms with Crippen molar-refractivity contribution < 1.29 is 47.7 Å². The minimum absolute atomic E-state index is 0.00186. The predicted molar refractivity (Wildman–Crippen MR) is 202 cm³/mol. The molecule has 56 heavy (non-hydrogen) atoms. The van der Waals surface area contributed by atoms with Gasteiger partial charge in [-0.25, -0.2) is 28.1 Å². The molecule has 1 aliphatic carbocycles. The number of carboxylic acid groups (broad SMARTS) is 2. The van der Waals surface area contributed by atoms with Crippen molar-refractivity contribution in [1.29, 1.82) is 0 Å². The number of urea groups is 1. The van der Waals surface area contributed by atoms with Crippen molar-refractivity contribution in [3.8, 4) is 11.5 Å². The number of piperazine rings is 1. The molecule has 17 heteroatoms. The first kappa shape index (κ1) is 41.2. The highest BCUT2D eigenvalue weighted by Crippen LogP contribution is 2.52. The van der Waals surface area contributed by atoms with Crippen LogP contribution < -0.4 is 20.7 Å². The molecule has 3 aromatic rings. The molecule has 1 saturated carbocycles. The summed E-state index contributed by atoms with van der Waals surface area (Å²) < 4.78 is 34.0. The third-order valence-electron chi connectivity index (χ3n) is 9.75. The number of aromatic nitrogens is 1. The van der Waals surface area contributed by atoms with Crippen LogP contribution in [0.25, 0.3) is 0 Å². The van der Waals surface area contributed by atoms with Crippen LogP contribution in [0.4, 0.5) is 30.8 Å². The van der Waals surface area contributed by atoms with Crippen LogP contribution in [0.15, 0.2) is 72.9 Å². The summed E-state index contributed by atoms with van der Waals surface area (Å²) in [7, 11) is 2.15. The summed E-state index contributed by atoms with van der Waals surface area (Å²) in [5.41, 5.74) is -0.00691. The zero-order valence-electron chi connectivity index (χ0n) is 30.9. The number of hydrogen-bond acceptors (Lipinski definition) is 9. The third kappa shape index (κ3) is 12.8. The van der Waals surface area contributed by atoms with Crippen LogP contribution in [0.2, 0.25) is 0 Å². The van der Waals surface area contributed by atoms with Crippen LogP contribution in [0, 0.1) is 17.0 Å². The number of amides is 4. The maximum atomic E-state index is 15.0. The van der Waals surface area contributed by atoms with E-state index in [2.05, 4.69) is 37.8 Å². The molecular formula is C39H45F2N7O8. The molecule has 6 rings (SSSR count). The molecule has 0 radical (unpaired) electrons. The number of likely N-dealkylation sites (tertiary alicyclic amines) is 1. The second-order valence-electron chi connectivity index (χ2n) is 14.1. The molecule has 298 valence electrons. The number of anilines is 3. The molecular weight excluding hydrogens is 732 g/mol. The second-order valence-corrected chi connectivity index (χ2v) is 14.1. The van der Waals surface area contributed by atoms with Crippen LogP contribution in [-0.2, 0) is 19.2 Å². The topological polar surface area (TPSA) is 194 Å². The molecule has 2 saturated heterocycles. The number of aliphatic carboxylic acids is 2. The Morgan fingerprint density at radius 1 is 0.804 bits per heavy atom. The van der Waals surface area contributed by atoms with Crippen molar-refractivity contribution in [2.24, 2.45) is 5.41 Å². The SMILES string of the molecule is CN1CCN(C2CCN(C(=O)Nc3cc(Oc4ccc(NC(=O)CC5(CC(=O)Nc6ccc(F)cc6)CC5)c(F)c4)ccn3)CC2)CC1.O=C(O)/C=C/C(=O)O. The Balaban J connectivity index is 0.000000677. The summed E-state index contributed by atoms with van der Waals surface area (Å²) in [5.74, 6) is -3.36. The number of rotatable bonds is 12. The largest absolute Gasteiger partial charge is 0.478 e. The average molecular weight is 778 g/mol. The number of hydrogen-bond donors (Lipinski definition) is 5. The Labute approximate surface area is 322 Å². The quantitative estimate of drug-likeness (QED) is 0.151. The van der Waals surface area contributed by atoms with E-state index in [1.54, 1.807) is 17.0 Å². The van der Waals surface area contributed by atoms with Gasteiger partial charge in [-0.3, -0.25) is 19.8 Å². The Kier molecular flexibility index (Phi) is 14.0. The fourth-order valence-electron chi connectivity index (χ4n) is 6.50. The van der Waals surface area contributed by atoms with E-state index in [4.69, 9.17) is 14.9 Å². The van der Waals surface area contributed by atoms with Gasteiger partial charge in [0.15, 0.2) is 0 Å². The number of halogens is 2. The van der Waals surface area contributed by atoms with E-state index in [-0.39, 0.29) is 36.2 Å². The van der Waals surface area contributed by atoms with Gasteiger partial charge in [-0.15, -0.1) is 0 Å². The fraction of sp³-hybridized carbons (Fsp3) is 0.385. The summed E-state index contributed by atoms with van der Waals surface area (Å²) in [5, 5.41) is 23.8. The van der Waals surface area contributed by atoms with Crippen LogP contribution in [0.3, 0.4) is 0 Å². The number of piperidine rings is 1. The van der Waals surface area contributed by atoms with Crippen LogP contribution in [-0.4, -0.2) is 112 Å². The Hall–Kier alpha value is -5.94. The molecule has 5 N–H and O–H groups in total. The molecule has 15 nitrogen and oxygen atoms in total. The number of ether oxygens (including phenoxy) is 1. The van der Waals surface area contributed by atoms with E-state index in [1.807, 2.05) is 0 Å². The van der Waals surface area contributed by atoms with E-state index < -0.39 is 34.9 Å². The average Bonchev–Trinajstić information content (AvgIpc) is 3.91. The molecule has 1 aromatic heterocycles. The summed E-state index contributed by atoms with van der Waals surface area (Å²) in [6.45, 7) is 5.63. The number of carbonyl (C=O) groups is 5. The lowest BCUT2D eigenvalue weighted by Gasteiger charge is -2.42. The molecule has 2 aromatic carbocycles. The zero-order valence-corrected chi connectivity index (χ0v) is 30.9. The molecule has 3 heterocycles. The number of nitrogens with one attached hydrogen (secondary N) is 3. The van der Waals surface area contributed by atoms with Crippen LogP contribution >= 0.6 is 0 Å². The molecule has 4 amide bonds. The minimum Gasteiger partial charge on any atom is -0.478 e. The van der Waals surface area contributed by atoms with Crippen molar-refractivity contribution in [2.75, 3.05) is 62.3 Å². The van der Waals surface area contributed by atoms with E-state index in [9.17, 15) is 32.8 Å². The minimum atomic E-state index is -1.26. The summed E-state index contributed by atoms with van der Waals surface area (Å²) in [6, 6.07) is 13.0. The zero-order chi connectivity index (χ0) is 40.2. The second kappa shape index (κ2) is 19.1. The number of nitrogens with zero attached hydrogens (tertiary/aromatic N) is 4. The first-order valence-corrected chi connectivity index (χ1v) is 18.2. The van der Waals surface area contributed by atoms with E-state index in [1.165, 1.54) is 48.7 Å². The molecule has 0 unspecified atom stereocenters. The first-order chi connectivity index (χ1) is 26.8. The maximum Gasteiger partial charge on any atom is 0.328 e. The standard InChI is InChI=1S/C35H41F2N7O4.C4H4O4/c1-42-16-18-43(19-17-42)26-9-14-44(15-10-26)34(47)41-31-21-28(8-13-38-31)48-27-6-7-30(29(37)20-27)40-33(46)23-35(11-12-35)22-32(45)39-25-4-2-24(36)3-5-25;5-3(6)1-2-4(7)8/h2-8,13,20-21,26H,9-12,14-19,22-23H2,1H3,(H,39,45)(H,40,46)(H,38,41,47);1-2H,(H,5,6)(H,7,8)/b;2-1+. The lowest BCUT2D eigenvalue weighted by atomic mass is 9.97. The van der Waals surface area contributed by atoms with Gasteiger partial charge in [-0.1, -0.05) is 0 Å². The van der Waals surface area contributed by atoms with Gasteiger partial charge in [0.2, 0.25) is 11.8 Å². The van der Waals surface area contributed by atoms with Crippen molar-refractivity contribution in [2.45, 2.75) is 44.6 Å². The van der Waals surface area contributed by atoms with Crippen molar-refractivity contribution in [3.63, 3.8) is 0 Å². The highest BCUT2D eigenvalue weighted by atomic mass is 19.1. The molecule has 0 bridgehead atoms. The lowest BCUT2D eigenvalue weighted by molar-refractivity contribution is -0.134. The van der Waals surface area contributed by atoms with Gasteiger partial charge in [0.1, 0.15) is 29.0 Å². The Morgan fingerprint density at radius 3 is 2.00 bits per heavy atom. The number of carbonyl (C=O) groups excluding carboxylic acids is 3. The number of carboxylic acids is 2. The Morgan fingerprint density at radius 2 is 1.41 bits per heavy atom. The molecule has 0 spiro atoms. The molecule has 3 fully saturated rings. The van der Waals surface area contributed by atoms with E-state index in [0.29, 0.717) is 61.4 Å². The highest BCUT2D eigenvalue weighted by molar-refractivity contribution is 5.94. The number of benzene rings is 2. The van der Waals surface area contributed by atoms with Crippen molar-refractivity contribution >= 4 is 47.0 Å². The lowest BCUT2D eigenvalue weighted by Crippen LogP contribution is -2.53. The fourth-order valence-corrected chi connectivity index (χ4v) is 6.50. The summed E-state index contributed by atoms with van der Waals surface area (Å²) in [4.78, 5) is 68.3. The summed E-state index contributed by atoms with van der Waals surface area (Å²) >= 11 is 0. The van der Waals surface area contributed by atoms with Gasteiger partial charge >= 0.3 is 18.0 Å². The van der Waals surface area contributed by atoms with E-state index >= 15 is 0 Å². The van der Waals surface area contributed by atoms with Crippen LogP contribution in [0.1, 0.15) is 38.5 Å². The monoisotopic (exact) mass is 777 g/mol. The van der Waals surface area contributed by atoms with Gasteiger partial charge in [0.05, 0.1) is 5.69 Å². The van der Waals surface area contributed by atoms with Crippen molar-refractivity contribution in [3.05, 3.63) is 84.6 Å². The van der Waals surface area contributed by atoms with Gasteiger partial charge < -0.3 is 35.4 Å². The van der Waals surface area contributed by atoms with Crippen LogP contribution in [0.5, 0.6) is 11.5 Å². The van der Waals surface area contributed by atoms with Crippen molar-refractivity contribution in [1.82, 2.24) is 19.7 Å². The van der Waals surface area contributed by atoms with Gasteiger partial charge in [-0.05, 0) is 80.6 Å². The Bertz CT molecular complexity index is 1890. The van der Waals surface area contributed by atoms with Gasteiger partial charge in [0.25, 0.3) is 0 Å². The number of likely N-dealkylation sites (N-methyl/N-ethyl adjacent to an activating group) is 1. The predicted octanol–water partition coefficient (Wildman–Crippen LogP) is 5.25. The molecule has 0 atom stereocenters. The van der Waals surface area contributed by atoms with Gasteiger partial charge in [0, 0.05) is 94.3 Å².